The zero-order valence-corrected chi connectivity index (χ0v) is 22.8. The summed E-state index contributed by atoms with van der Waals surface area (Å²) in [6, 6.07) is 23.1. The maximum atomic E-state index is 14.2. The van der Waals surface area contributed by atoms with Crippen molar-refractivity contribution in [1.29, 1.82) is 0 Å². The predicted octanol–water partition coefficient (Wildman–Crippen LogP) is 9.90. The van der Waals surface area contributed by atoms with Gasteiger partial charge in [-0.2, -0.15) is 0 Å². The Balaban J connectivity index is 1.74. The summed E-state index contributed by atoms with van der Waals surface area (Å²) in [6.45, 7) is 6.24. The van der Waals surface area contributed by atoms with Crippen molar-refractivity contribution in [2.45, 2.75) is 20.8 Å². The molecule has 4 aromatic rings. The van der Waals surface area contributed by atoms with E-state index in [9.17, 15) is 4.57 Å². The fourth-order valence-electron chi connectivity index (χ4n) is 3.96. The first-order valence-electron chi connectivity index (χ1n) is 11.0. The third-order valence-electron chi connectivity index (χ3n) is 5.42. The van der Waals surface area contributed by atoms with Crippen LogP contribution in [0.5, 0.6) is 0 Å². The summed E-state index contributed by atoms with van der Waals surface area (Å²) in [5.41, 5.74) is 6.99. The van der Waals surface area contributed by atoms with Gasteiger partial charge < -0.3 is 5.09 Å². The third kappa shape index (κ3) is 6.34. The van der Waals surface area contributed by atoms with Crippen LogP contribution in [0.3, 0.4) is 0 Å². The number of thiazole rings is 1. The number of hydrogen-bond acceptors (Lipinski definition) is 3. The molecular formula is C28H25Cl2N2OPS. The molecule has 178 valence electrons. The molecule has 1 aromatic heterocycles. The van der Waals surface area contributed by atoms with E-state index in [0.29, 0.717) is 15.2 Å². The molecule has 1 unspecified atom stereocenters. The summed E-state index contributed by atoms with van der Waals surface area (Å²) in [7, 11) is -3.38. The second kappa shape index (κ2) is 11.0. The zero-order valence-electron chi connectivity index (χ0n) is 19.6. The molecule has 3 nitrogen and oxygen atoms in total. The molecule has 0 radical (unpaired) electrons. The highest BCUT2D eigenvalue weighted by Crippen LogP contribution is 2.54. The Morgan fingerprint density at radius 2 is 1.34 bits per heavy atom. The van der Waals surface area contributed by atoms with Crippen molar-refractivity contribution in [3.8, 4) is 11.3 Å². The van der Waals surface area contributed by atoms with E-state index in [0.717, 1.165) is 33.5 Å². The second-order valence-corrected chi connectivity index (χ2v) is 12.2. The van der Waals surface area contributed by atoms with Crippen LogP contribution in [0.2, 0.25) is 0 Å². The van der Waals surface area contributed by atoms with E-state index in [2.05, 4.69) is 38.0 Å². The van der Waals surface area contributed by atoms with E-state index >= 15 is 0 Å². The van der Waals surface area contributed by atoms with Gasteiger partial charge in [0.25, 0.3) is 0 Å². The number of rotatable bonds is 7. The Morgan fingerprint density at radius 3 is 1.83 bits per heavy atom. The van der Waals surface area contributed by atoms with Crippen LogP contribution in [-0.4, -0.2) is 4.98 Å². The SMILES string of the molecule is Cc1cc(C)c(-c2csc(NP(=O)(C=C(Cl)c3ccccc3)/C=C(\Cl)c3ccccc3)n2)c(C)c1. The van der Waals surface area contributed by atoms with Crippen LogP contribution >= 0.6 is 41.8 Å². The van der Waals surface area contributed by atoms with Gasteiger partial charge in [0.05, 0.1) is 15.8 Å². The third-order valence-corrected chi connectivity index (χ3v) is 9.13. The van der Waals surface area contributed by atoms with Crippen LogP contribution in [-0.2, 0) is 4.57 Å². The quantitative estimate of drug-likeness (QED) is 0.238. The van der Waals surface area contributed by atoms with Crippen molar-refractivity contribution in [2.24, 2.45) is 0 Å². The number of aromatic nitrogens is 1. The number of hydrogen-bond donors (Lipinski definition) is 1. The van der Waals surface area contributed by atoms with Crippen molar-refractivity contribution >= 4 is 57.0 Å². The fourth-order valence-corrected chi connectivity index (χ4v) is 7.79. The van der Waals surface area contributed by atoms with Gasteiger partial charge in [0.2, 0.25) is 7.29 Å². The molecule has 4 rings (SSSR count). The van der Waals surface area contributed by atoms with E-state index in [-0.39, 0.29) is 0 Å². The molecule has 0 aliphatic heterocycles. The molecule has 3 aromatic carbocycles. The summed E-state index contributed by atoms with van der Waals surface area (Å²) < 4.78 is 14.2. The summed E-state index contributed by atoms with van der Waals surface area (Å²) in [6.07, 6.45) is 0. The molecule has 0 bridgehead atoms. The Hall–Kier alpha value is -2.62. The summed E-state index contributed by atoms with van der Waals surface area (Å²) in [5, 5.41) is 6.39. The minimum Gasteiger partial charge on any atom is -0.306 e. The number of benzene rings is 3. The first kappa shape index (κ1) is 25.5. The van der Waals surface area contributed by atoms with E-state index in [4.69, 9.17) is 28.2 Å². The largest absolute Gasteiger partial charge is 0.306 e. The lowest BCUT2D eigenvalue weighted by molar-refractivity contribution is 0.589. The van der Waals surface area contributed by atoms with E-state index in [1.54, 1.807) is 11.6 Å². The number of halogens is 2. The minimum atomic E-state index is -3.38. The average Bonchev–Trinajstić information content (AvgIpc) is 3.26. The second-order valence-electron chi connectivity index (χ2n) is 8.32. The fraction of sp³-hybridized carbons (Fsp3) is 0.107. The lowest BCUT2D eigenvalue weighted by atomic mass is 9.98. The molecule has 1 heterocycles. The first-order valence-corrected chi connectivity index (χ1v) is 14.5. The topological polar surface area (TPSA) is 42.0 Å². The lowest BCUT2D eigenvalue weighted by Gasteiger charge is -2.14. The molecule has 1 N–H and O–H groups in total. The van der Waals surface area contributed by atoms with Gasteiger partial charge in [0, 0.05) is 22.6 Å². The van der Waals surface area contributed by atoms with E-state index in [1.165, 1.54) is 16.9 Å². The first-order chi connectivity index (χ1) is 16.7. The highest BCUT2D eigenvalue weighted by atomic mass is 35.5. The van der Waals surface area contributed by atoms with Crippen LogP contribution in [0.1, 0.15) is 27.8 Å². The van der Waals surface area contributed by atoms with Crippen molar-refractivity contribution < 1.29 is 4.57 Å². The van der Waals surface area contributed by atoms with E-state index < -0.39 is 7.29 Å². The standard InChI is InChI=1S/C28H25Cl2N2OPS/c1-19-14-20(2)27(21(3)15-19)26-18-35-28(31-26)32-34(33,16-24(29)22-10-6-4-7-11-22)17-25(30)23-12-8-5-9-13-23/h4-18H,1-3H3,(H,31,32,33)/b24-16-,25-17?. The maximum absolute atomic E-state index is 14.2. The maximum Gasteiger partial charge on any atom is 0.217 e. The van der Waals surface area contributed by atoms with Crippen molar-refractivity contribution in [2.75, 3.05) is 5.09 Å². The highest BCUT2D eigenvalue weighted by Gasteiger charge is 2.22. The summed E-state index contributed by atoms with van der Waals surface area (Å²) >= 11 is 14.6. The Bertz CT molecular complexity index is 1360. The Kier molecular flexibility index (Phi) is 7.98. The zero-order chi connectivity index (χ0) is 25.0. The highest BCUT2D eigenvalue weighted by molar-refractivity contribution is 7.72. The van der Waals surface area contributed by atoms with E-state index in [1.807, 2.05) is 66.0 Å². The molecule has 0 aliphatic rings. The van der Waals surface area contributed by atoms with Crippen molar-refractivity contribution in [1.82, 2.24) is 4.98 Å². The molecule has 0 amide bonds. The minimum absolute atomic E-state index is 0.372. The molecule has 0 saturated heterocycles. The molecule has 0 fully saturated rings. The number of aryl methyl sites for hydroxylation is 3. The Labute approximate surface area is 220 Å². The molecule has 1 atom stereocenters. The lowest BCUT2D eigenvalue weighted by Crippen LogP contribution is -1.95. The van der Waals surface area contributed by atoms with Gasteiger partial charge in [-0.1, -0.05) is 102 Å². The molecule has 35 heavy (non-hydrogen) atoms. The van der Waals surface area contributed by atoms with Gasteiger partial charge in [-0.05, 0) is 43.0 Å². The summed E-state index contributed by atoms with van der Waals surface area (Å²) in [5.74, 6) is 3.08. The van der Waals surface area contributed by atoms with Crippen molar-refractivity contribution in [3.63, 3.8) is 0 Å². The van der Waals surface area contributed by atoms with Gasteiger partial charge in [0.15, 0.2) is 5.13 Å². The van der Waals surface area contributed by atoms with Crippen LogP contribution < -0.4 is 5.09 Å². The number of nitrogens with one attached hydrogen (secondary N) is 1. The van der Waals surface area contributed by atoms with Gasteiger partial charge in [-0.15, -0.1) is 11.3 Å². The van der Waals surface area contributed by atoms with Gasteiger partial charge in [-0.3, -0.25) is 4.57 Å². The molecular weight excluding hydrogens is 514 g/mol. The molecule has 0 aliphatic carbocycles. The van der Waals surface area contributed by atoms with Crippen LogP contribution in [0.25, 0.3) is 21.3 Å². The number of anilines is 1. The summed E-state index contributed by atoms with van der Waals surface area (Å²) in [4.78, 5) is 4.77. The number of nitrogens with zero attached hydrogens (tertiary/aromatic N) is 1. The molecule has 7 heteroatoms. The van der Waals surface area contributed by atoms with Gasteiger partial charge >= 0.3 is 0 Å². The molecule has 0 spiro atoms. The monoisotopic (exact) mass is 538 g/mol. The Morgan fingerprint density at radius 1 is 0.857 bits per heavy atom. The van der Waals surface area contributed by atoms with Crippen LogP contribution in [0.4, 0.5) is 5.13 Å². The normalized spacial score (nSPS) is 14.0. The van der Waals surface area contributed by atoms with Crippen LogP contribution in [0, 0.1) is 20.8 Å². The average molecular weight is 539 g/mol. The smallest absolute Gasteiger partial charge is 0.217 e. The van der Waals surface area contributed by atoms with Crippen molar-refractivity contribution in [3.05, 3.63) is 118 Å². The van der Waals surface area contributed by atoms with Gasteiger partial charge in [0.1, 0.15) is 0 Å². The predicted molar refractivity (Wildman–Crippen MR) is 154 cm³/mol. The van der Waals surface area contributed by atoms with Crippen LogP contribution in [0.15, 0.2) is 89.8 Å². The molecule has 0 saturated carbocycles. The van der Waals surface area contributed by atoms with Gasteiger partial charge in [-0.25, -0.2) is 4.98 Å².